The van der Waals surface area contributed by atoms with Gasteiger partial charge >= 0.3 is 6.03 Å². The molecule has 3 amide bonds. The van der Waals surface area contributed by atoms with Gasteiger partial charge < -0.3 is 20.9 Å². The number of urea groups is 1. The van der Waals surface area contributed by atoms with Gasteiger partial charge in [0.05, 0.1) is 6.20 Å². The van der Waals surface area contributed by atoms with Crippen LogP contribution in [0.15, 0.2) is 24.4 Å². The Kier molecular flexibility index (Phi) is 4.16. The van der Waals surface area contributed by atoms with Crippen molar-refractivity contribution in [2.75, 3.05) is 29.5 Å². The van der Waals surface area contributed by atoms with Crippen molar-refractivity contribution in [3.05, 3.63) is 34.8 Å². The zero-order valence-electron chi connectivity index (χ0n) is 12.8. The number of anilines is 3. The Hall–Kier alpha value is -2.61. The summed E-state index contributed by atoms with van der Waals surface area (Å²) in [5.41, 5.74) is 2.43. The molecule has 8 heteroatoms. The van der Waals surface area contributed by atoms with Gasteiger partial charge in [0.25, 0.3) is 5.91 Å². The molecule has 2 heterocycles. The summed E-state index contributed by atoms with van der Waals surface area (Å²) < 4.78 is 0. The van der Waals surface area contributed by atoms with Crippen molar-refractivity contribution in [3.63, 3.8) is 0 Å². The van der Waals surface area contributed by atoms with E-state index in [-0.39, 0.29) is 11.9 Å². The predicted molar refractivity (Wildman–Crippen MR) is 91.2 cm³/mol. The Balaban J connectivity index is 1.74. The van der Waals surface area contributed by atoms with E-state index in [2.05, 4.69) is 20.9 Å². The smallest absolute Gasteiger partial charge is 0.321 e. The maximum absolute atomic E-state index is 12.3. The zero-order valence-corrected chi connectivity index (χ0v) is 13.7. The molecule has 0 saturated carbocycles. The number of rotatable bonds is 4. The molecule has 120 valence electrons. The van der Waals surface area contributed by atoms with Gasteiger partial charge in [0, 0.05) is 31.5 Å². The summed E-state index contributed by atoms with van der Waals surface area (Å²) in [4.78, 5) is 30.1. The summed E-state index contributed by atoms with van der Waals surface area (Å²) in [7, 11) is 1.73. The summed E-state index contributed by atoms with van der Waals surface area (Å²) in [6.45, 7) is 3.25. The van der Waals surface area contributed by atoms with Crippen LogP contribution < -0.4 is 16.0 Å². The number of hydrogen-bond donors (Lipinski definition) is 3. The minimum absolute atomic E-state index is 0.130. The Morgan fingerprint density at radius 3 is 3.09 bits per heavy atom. The molecular weight excluding hydrogens is 314 g/mol. The van der Waals surface area contributed by atoms with Gasteiger partial charge in [0.1, 0.15) is 4.88 Å². The van der Waals surface area contributed by atoms with Gasteiger partial charge in [-0.15, -0.1) is 0 Å². The number of fused-ring (bicyclic) bond motifs is 1. The van der Waals surface area contributed by atoms with Crippen LogP contribution in [0.25, 0.3) is 0 Å². The number of nitrogens with one attached hydrogen (secondary N) is 3. The highest BCUT2D eigenvalue weighted by atomic mass is 32.1. The van der Waals surface area contributed by atoms with E-state index in [1.807, 2.05) is 13.0 Å². The van der Waals surface area contributed by atoms with Crippen molar-refractivity contribution in [3.8, 4) is 0 Å². The molecule has 0 unspecified atom stereocenters. The third-order valence-corrected chi connectivity index (χ3v) is 4.37. The van der Waals surface area contributed by atoms with E-state index >= 15 is 0 Å². The van der Waals surface area contributed by atoms with E-state index < -0.39 is 0 Å². The first-order valence-corrected chi connectivity index (χ1v) is 8.04. The minimum atomic E-state index is -0.195. The summed E-state index contributed by atoms with van der Waals surface area (Å²) in [5, 5.41) is 9.47. The third-order valence-electron chi connectivity index (χ3n) is 3.42. The number of thiazole rings is 1. The molecule has 1 aromatic heterocycles. The first kappa shape index (κ1) is 15.3. The second-order valence-electron chi connectivity index (χ2n) is 5.17. The lowest BCUT2D eigenvalue weighted by Crippen LogP contribution is -2.35. The second-order valence-corrected chi connectivity index (χ2v) is 6.20. The van der Waals surface area contributed by atoms with Crippen molar-refractivity contribution in [1.29, 1.82) is 0 Å². The highest BCUT2D eigenvalue weighted by Gasteiger charge is 2.20. The molecule has 0 aliphatic carbocycles. The molecule has 0 radical (unpaired) electrons. The van der Waals surface area contributed by atoms with Gasteiger partial charge in [-0.05, 0) is 30.7 Å². The van der Waals surface area contributed by atoms with E-state index in [4.69, 9.17) is 0 Å². The fourth-order valence-corrected chi connectivity index (χ4v) is 3.05. The van der Waals surface area contributed by atoms with E-state index in [9.17, 15) is 9.59 Å². The molecule has 0 fully saturated rings. The maximum Gasteiger partial charge on any atom is 0.321 e. The maximum atomic E-state index is 12.3. The number of hydrogen-bond acceptors (Lipinski definition) is 5. The number of amides is 3. The van der Waals surface area contributed by atoms with Crippen molar-refractivity contribution in [1.82, 2.24) is 9.88 Å². The molecule has 2 aromatic rings. The Bertz CT molecular complexity index is 758. The molecule has 0 saturated heterocycles. The fourth-order valence-electron chi connectivity index (χ4n) is 2.27. The molecule has 1 aliphatic heterocycles. The topological polar surface area (TPSA) is 86.4 Å². The first-order valence-electron chi connectivity index (χ1n) is 7.23. The van der Waals surface area contributed by atoms with Gasteiger partial charge in [-0.25, -0.2) is 9.78 Å². The summed E-state index contributed by atoms with van der Waals surface area (Å²) in [6, 6.07) is 5.31. The fraction of sp³-hybridized carbons (Fsp3) is 0.267. The number of nitrogens with zero attached hydrogens (tertiary/aromatic N) is 2. The van der Waals surface area contributed by atoms with E-state index in [0.717, 1.165) is 22.9 Å². The van der Waals surface area contributed by atoms with Gasteiger partial charge in [-0.1, -0.05) is 11.3 Å². The van der Waals surface area contributed by atoms with Crippen molar-refractivity contribution in [2.45, 2.75) is 13.5 Å². The quantitative estimate of drug-likeness (QED) is 0.804. The average molecular weight is 331 g/mol. The van der Waals surface area contributed by atoms with Gasteiger partial charge in [0.15, 0.2) is 5.13 Å². The molecule has 7 nitrogen and oxygen atoms in total. The molecule has 3 rings (SSSR count). The molecule has 0 spiro atoms. The van der Waals surface area contributed by atoms with Crippen LogP contribution in [-0.2, 0) is 6.54 Å². The van der Waals surface area contributed by atoms with Crippen LogP contribution in [0.5, 0.6) is 0 Å². The third kappa shape index (κ3) is 3.26. The van der Waals surface area contributed by atoms with Crippen LogP contribution in [0.4, 0.5) is 21.3 Å². The summed E-state index contributed by atoms with van der Waals surface area (Å²) in [6.07, 6.45) is 1.56. The first-order chi connectivity index (χ1) is 11.1. The molecule has 23 heavy (non-hydrogen) atoms. The van der Waals surface area contributed by atoms with Crippen LogP contribution in [0.3, 0.4) is 0 Å². The Morgan fingerprint density at radius 2 is 2.30 bits per heavy atom. The SMILES string of the molecule is CCNc1ncc(C(=O)Nc2ccc3c(c2)CN(C)C(=O)N3)s1. The summed E-state index contributed by atoms with van der Waals surface area (Å²) in [5.74, 6) is -0.195. The number of aromatic nitrogens is 1. The second kappa shape index (κ2) is 6.25. The molecule has 1 aromatic carbocycles. The Labute approximate surface area is 137 Å². The van der Waals surface area contributed by atoms with E-state index in [1.165, 1.54) is 11.3 Å². The van der Waals surface area contributed by atoms with Crippen LogP contribution in [-0.4, -0.2) is 35.4 Å². The van der Waals surface area contributed by atoms with Crippen LogP contribution in [0.1, 0.15) is 22.2 Å². The standard InChI is InChI=1S/C15H17N5O2S/c1-3-16-14-17-7-12(23-14)13(21)18-10-4-5-11-9(6-10)8-20(2)15(22)19-11/h4-7H,3,8H2,1-2H3,(H,16,17)(H,18,21)(H,19,22). The number of benzene rings is 1. The largest absolute Gasteiger partial charge is 0.362 e. The minimum Gasteiger partial charge on any atom is -0.362 e. The van der Waals surface area contributed by atoms with Crippen molar-refractivity contribution < 1.29 is 9.59 Å². The van der Waals surface area contributed by atoms with Gasteiger partial charge in [-0.2, -0.15) is 0 Å². The van der Waals surface area contributed by atoms with E-state index in [1.54, 1.807) is 30.3 Å². The van der Waals surface area contributed by atoms with Crippen LogP contribution >= 0.6 is 11.3 Å². The van der Waals surface area contributed by atoms with Crippen LogP contribution in [0.2, 0.25) is 0 Å². The highest BCUT2D eigenvalue weighted by molar-refractivity contribution is 7.17. The molecule has 0 bridgehead atoms. The van der Waals surface area contributed by atoms with Gasteiger partial charge in [0.2, 0.25) is 0 Å². The number of carbonyl (C=O) groups is 2. The Morgan fingerprint density at radius 1 is 1.48 bits per heavy atom. The van der Waals surface area contributed by atoms with E-state index in [0.29, 0.717) is 17.1 Å². The van der Waals surface area contributed by atoms with Crippen LogP contribution in [0, 0.1) is 0 Å². The van der Waals surface area contributed by atoms with Crippen molar-refractivity contribution >= 4 is 39.8 Å². The molecule has 3 N–H and O–H groups in total. The zero-order chi connectivity index (χ0) is 16.4. The molecule has 0 atom stereocenters. The molecule has 1 aliphatic rings. The number of carbonyl (C=O) groups excluding carboxylic acids is 2. The monoisotopic (exact) mass is 331 g/mol. The van der Waals surface area contributed by atoms with Crippen molar-refractivity contribution in [2.24, 2.45) is 0 Å². The highest BCUT2D eigenvalue weighted by Crippen LogP contribution is 2.26. The summed E-state index contributed by atoms with van der Waals surface area (Å²) >= 11 is 1.31. The average Bonchev–Trinajstić information content (AvgIpc) is 2.98. The lowest BCUT2D eigenvalue weighted by molar-refractivity contribution is 0.103. The lowest BCUT2D eigenvalue weighted by Gasteiger charge is -2.26. The predicted octanol–water partition coefficient (Wildman–Crippen LogP) is 2.80. The molecular formula is C15H17N5O2S. The lowest BCUT2D eigenvalue weighted by atomic mass is 10.1. The van der Waals surface area contributed by atoms with Gasteiger partial charge in [-0.3, -0.25) is 4.79 Å². The normalized spacial score (nSPS) is 13.3.